The Bertz CT molecular complexity index is 379. The average Bonchev–Trinajstić information content (AvgIpc) is 2.79. The molecule has 2 bridgehead atoms. The molecule has 4 heteroatoms. The van der Waals surface area contributed by atoms with Crippen molar-refractivity contribution in [2.24, 2.45) is 29.6 Å². The van der Waals surface area contributed by atoms with Crippen molar-refractivity contribution in [2.75, 3.05) is 0 Å². The van der Waals surface area contributed by atoms with E-state index in [4.69, 9.17) is 0 Å². The summed E-state index contributed by atoms with van der Waals surface area (Å²) in [7, 11) is 0. The number of alkyl halides is 3. The van der Waals surface area contributed by atoms with Gasteiger partial charge in [-0.25, -0.2) is 0 Å². The molecule has 0 amide bonds. The van der Waals surface area contributed by atoms with Gasteiger partial charge in [-0.05, 0) is 40.5 Å². The summed E-state index contributed by atoms with van der Waals surface area (Å²) in [6.45, 7) is 0. The minimum atomic E-state index is 0.225. The first-order chi connectivity index (χ1) is 7.05. The van der Waals surface area contributed by atoms with Crippen molar-refractivity contribution in [2.45, 2.75) is 20.4 Å². The minimum Gasteiger partial charge on any atom is -0.0884 e. The van der Waals surface area contributed by atoms with Gasteiger partial charge in [-0.3, -0.25) is 0 Å². The van der Waals surface area contributed by atoms with Crippen molar-refractivity contribution < 1.29 is 0 Å². The fourth-order valence-electron chi connectivity index (χ4n) is 4.71. The Morgan fingerprint density at radius 1 is 1.27 bits per heavy atom. The summed E-state index contributed by atoms with van der Waals surface area (Å²) in [5.74, 6) is 4.21. The Labute approximate surface area is 123 Å². The predicted molar refractivity (Wildman–Crippen MR) is 76.2 cm³/mol. The largest absolute Gasteiger partial charge is 0.0884 e. The predicted octanol–water partition coefficient (Wildman–Crippen LogP) is 4.45. The van der Waals surface area contributed by atoms with E-state index in [1.165, 1.54) is 10.9 Å². The Balaban J connectivity index is 1.96. The normalized spacial score (nSPS) is 69.1. The molecule has 0 aromatic heterocycles. The van der Waals surface area contributed by atoms with E-state index < -0.39 is 0 Å². The van der Waals surface area contributed by atoms with E-state index in [9.17, 15) is 0 Å². The second kappa shape index (κ2) is 2.97. The molecule has 0 nitrogen and oxygen atoms in total. The molecule has 3 saturated carbocycles. The first-order valence-corrected chi connectivity index (χ1v) is 8.82. The number of halogens is 4. The second-order valence-electron chi connectivity index (χ2n) is 5.40. The molecule has 82 valence electrons. The van der Waals surface area contributed by atoms with Gasteiger partial charge in [0.05, 0.1) is 4.32 Å². The lowest BCUT2D eigenvalue weighted by Gasteiger charge is -2.30. The zero-order valence-corrected chi connectivity index (χ0v) is 14.2. The quantitative estimate of drug-likeness (QED) is 0.468. The highest BCUT2D eigenvalue weighted by molar-refractivity contribution is 9.13. The molecule has 4 rings (SSSR count). The molecule has 3 fully saturated rings. The highest BCUT2D eigenvalue weighted by Crippen LogP contribution is 2.75. The van der Waals surface area contributed by atoms with Crippen LogP contribution in [0.15, 0.2) is 10.6 Å². The van der Waals surface area contributed by atoms with Crippen LogP contribution in [0, 0.1) is 29.6 Å². The third-order valence-electron chi connectivity index (χ3n) is 5.07. The summed E-state index contributed by atoms with van der Waals surface area (Å²) in [6.07, 6.45) is 3.86. The lowest BCUT2D eigenvalue weighted by molar-refractivity contribution is 0.286. The van der Waals surface area contributed by atoms with Crippen LogP contribution in [0.5, 0.6) is 0 Å². The maximum Gasteiger partial charge on any atom is 0.0612 e. The number of allylic oxidation sites excluding steroid dienone is 2. The molecule has 0 radical (unpaired) electrons. The van der Waals surface area contributed by atoms with Gasteiger partial charge in [0.15, 0.2) is 0 Å². The summed E-state index contributed by atoms with van der Waals surface area (Å²) in [5, 5.41) is 0. The molecule has 15 heavy (non-hydrogen) atoms. The van der Waals surface area contributed by atoms with Gasteiger partial charge in [-0.1, -0.05) is 69.8 Å². The van der Waals surface area contributed by atoms with Gasteiger partial charge in [0.2, 0.25) is 0 Å². The van der Waals surface area contributed by atoms with Crippen LogP contribution in [0.2, 0.25) is 0 Å². The van der Waals surface area contributed by atoms with E-state index in [1.807, 2.05) is 0 Å². The lowest BCUT2D eigenvalue weighted by Crippen LogP contribution is -2.30. The molecule has 8 atom stereocenters. The van der Waals surface area contributed by atoms with E-state index in [2.05, 4.69) is 69.8 Å². The third kappa shape index (κ3) is 0.978. The summed E-state index contributed by atoms with van der Waals surface area (Å²) in [4.78, 5) is 1.31. The van der Waals surface area contributed by atoms with Crippen molar-refractivity contribution in [3.05, 3.63) is 10.6 Å². The van der Waals surface area contributed by atoms with Crippen LogP contribution < -0.4 is 0 Å². The molecule has 0 N–H and O–H groups in total. The van der Waals surface area contributed by atoms with Crippen LogP contribution in [-0.4, -0.2) is 14.0 Å². The van der Waals surface area contributed by atoms with Crippen molar-refractivity contribution in [3.8, 4) is 0 Å². The molecule has 0 aliphatic heterocycles. The van der Waals surface area contributed by atoms with Gasteiger partial charge in [0, 0.05) is 9.65 Å². The smallest absolute Gasteiger partial charge is 0.0612 e. The molecular weight excluding hydrogens is 452 g/mol. The van der Waals surface area contributed by atoms with Crippen molar-refractivity contribution >= 4 is 63.7 Å². The van der Waals surface area contributed by atoms with Crippen molar-refractivity contribution in [3.63, 3.8) is 0 Å². The Morgan fingerprint density at radius 2 is 2.00 bits per heavy atom. The van der Waals surface area contributed by atoms with E-state index in [-0.39, 0.29) is 4.32 Å². The first-order valence-electron chi connectivity index (χ1n) is 5.41. The van der Waals surface area contributed by atoms with Gasteiger partial charge in [0.25, 0.3) is 0 Å². The molecular formula is C11H10Br4. The highest BCUT2D eigenvalue weighted by Gasteiger charge is 2.73. The number of hydrogen-bond donors (Lipinski definition) is 0. The SMILES string of the molecule is BrC1=CC2(Br)C(Br)C3C(Br)C4CC3C2C14. The summed E-state index contributed by atoms with van der Waals surface area (Å²) in [5.41, 5.74) is 0. The minimum absolute atomic E-state index is 0.225. The highest BCUT2D eigenvalue weighted by atomic mass is 79.9. The monoisotopic (exact) mass is 458 g/mol. The van der Waals surface area contributed by atoms with Crippen LogP contribution in [0.3, 0.4) is 0 Å². The van der Waals surface area contributed by atoms with Crippen LogP contribution in [0.4, 0.5) is 0 Å². The van der Waals surface area contributed by atoms with Gasteiger partial charge in [-0.2, -0.15) is 0 Å². The summed E-state index contributed by atoms with van der Waals surface area (Å²) < 4.78 is 1.67. The Kier molecular flexibility index (Phi) is 2.09. The van der Waals surface area contributed by atoms with Crippen LogP contribution in [0.1, 0.15) is 6.42 Å². The van der Waals surface area contributed by atoms with Crippen LogP contribution in [0.25, 0.3) is 0 Å². The van der Waals surface area contributed by atoms with Crippen LogP contribution >= 0.6 is 63.7 Å². The van der Waals surface area contributed by atoms with E-state index in [1.54, 1.807) is 0 Å². The van der Waals surface area contributed by atoms with E-state index in [0.717, 1.165) is 29.6 Å². The maximum atomic E-state index is 4.02. The second-order valence-corrected chi connectivity index (χ2v) is 9.73. The zero-order chi connectivity index (χ0) is 10.5. The summed E-state index contributed by atoms with van der Waals surface area (Å²) in [6, 6.07) is 0. The van der Waals surface area contributed by atoms with Gasteiger partial charge in [-0.15, -0.1) is 0 Å². The molecule has 8 unspecified atom stereocenters. The Morgan fingerprint density at radius 3 is 2.73 bits per heavy atom. The molecule has 0 saturated heterocycles. The topological polar surface area (TPSA) is 0 Å². The van der Waals surface area contributed by atoms with Crippen molar-refractivity contribution in [1.29, 1.82) is 0 Å². The molecule has 0 aromatic carbocycles. The van der Waals surface area contributed by atoms with E-state index >= 15 is 0 Å². The maximum absolute atomic E-state index is 4.02. The van der Waals surface area contributed by atoms with Crippen molar-refractivity contribution in [1.82, 2.24) is 0 Å². The molecule has 4 aliphatic carbocycles. The average molecular weight is 462 g/mol. The lowest BCUT2D eigenvalue weighted by atomic mass is 9.81. The molecule has 0 spiro atoms. The fraction of sp³-hybridized carbons (Fsp3) is 0.818. The van der Waals surface area contributed by atoms with E-state index in [0.29, 0.717) is 9.65 Å². The number of hydrogen-bond acceptors (Lipinski definition) is 0. The van der Waals surface area contributed by atoms with Gasteiger partial charge < -0.3 is 0 Å². The third-order valence-corrected chi connectivity index (χ3v) is 10.4. The first kappa shape index (κ1) is 10.6. The Hall–Kier alpha value is 1.66. The van der Waals surface area contributed by atoms with Gasteiger partial charge >= 0.3 is 0 Å². The number of fused-ring (bicyclic) bond motifs is 2. The molecule has 0 heterocycles. The zero-order valence-electron chi connectivity index (χ0n) is 7.84. The standard InChI is InChI=1S/C11H10Br4/c12-5-2-11(15)8-3-1-4(6(5)8)9(13)7(3)10(11)14/h2-4,6-10H,1H2. The summed E-state index contributed by atoms with van der Waals surface area (Å²) >= 11 is 15.7. The molecule has 0 aromatic rings. The van der Waals surface area contributed by atoms with Crippen LogP contribution in [-0.2, 0) is 0 Å². The van der Waals surface area contributed by atoms with Gasteiger partial charge in [0.1, 0.15) is 0 Å². The fourth-order valence-corrected chi connectivity index (χ4v) is 10.0. The number of rotatable bonds is 0. The molecule has 4 aliphatic rings.